The van der Waals surface area contributed by atoms with Crippen molar-refractivity contribution in [1.82, 2.24) is 14.8 Å². The van der Waals surface area contributed by atoms with Crippen LogP contribution in [0.25, 0.3) is 0 Å². The zero-order valence-electron chi connectivity index (χ0n) is 9.54. The lowest BCUT2D eigenvalue weighted by atomic mass is 10.2. The summed E-state index contributed by atoms with van der Waals surface area (Å²) in [6.45, 7) is 2.69. The minimum absolute atomic E-state index is 0.598. The Morgan fingerprint density at radius 1 is 1.47 bits per heavy atom. The van der Waals surface area contributed by atoms with Crippen LogP contribution in [0.1, 0.15) is 11.3 Å². The van der Waals surface area contributed by atoms with Crippen LogP contribution in [-0.4, -0.2) is 14.8 Å². The van der Waals surface area contributed by atoms with Gasteiger partial charge in [-0.3, -0.25) is 4.68 Å². The molecule has 0 aliphatic rings. The number of hydrogen-bond acceptors (Lipinski definition) is 3. The zero-order chi connectivity index (χ0) is 12.4. The number of rotatable bonds is 3. The van der Waals surface area contributed by atoms with Gasteiger partial charge in [-0.2, -0.15) is 5.10 Å². The number of aryl methyl sites for hydroxylation is 1. The van der Waals surface area contributed by atoms with Crippen molar-refractivity contribution in [2.45, 2.75) is 13.5 Å². The summed E-state index contributed by atoms with van der Waals surface area (Å²) in [6, 6.07) is 1.81. The largest absolute Gasteiger partial charge is 0.365 e. The number of aromatic nitrogens is 3. The third kappa shape index (κ3) is 2.79. The van der Waals surface area contributed by atoms with Gasteiger partial charge in [0.1, 0.15) is 5.82 Å². The molecule has 2 heterocycles. The molecule has 0 atom stereocenters. The van der Waals surface area contributed by atoms with E-state index in [4.69, 9.17) is 11.6 Å². The van der Waals surface area contributed by atoms with Crippen LogP contribution in [0.15, 0.2) is 22.9 Å². The molecule has 0 saturated heterocycles. The molecular formula is C11H12BrClN4. The van der Waals surface area contributed by atoms with Crippen LogP contribution in [0.2, 0.25) is 5.02 Å². The van der Waals surface area contributed by atoms with Crippen LogP contribution < -0.4 is 5.32 Å². The van der Waals surface area contributed by atoms with Crippen LogP contribution in [0.4, 0.5) is 5.82 Å². The second-order valence-electron chi connectivity index (χ2n) is 3.72. The zero-order valence-corrected chi connectivity index (χ0v) is 11.9. The van der Waals surface area contributed by atoms with Gasteiger partial charge in [-0.1, -0.05) is 11.6 Å². The molecule has 0 spiro atoms. The van der Waals surface area contributed by atoms with Crippen molar-refractivity contribution in [3.63, 3.8) is 0 Å². The Labute approximate surface area is 113 Å². The van der Waals surface area contributed by atoms with Gasteiger partial charge in [0.15, 0.2) is 0 Å². The fourth-order valence-electron chi connectivity index (χ4n) is 1.44. The van der Waals surface area contributed by atoms with E-state index < -0.39 is 0 Å². The van der Waals surface area contributed by atoms with E-state index >= 15 is 0 Å². The van der Waals surface area contributed by atoms with Crippen molar-refractivity contribution in [2.24, 2.45) is 7.05 Å². The normalized spacial score (nSPS) is 10.6. The molecule has 6 heteroatoms. The highest BCUT2D eigenvalue weighted by Crippen LogP contribution is 2.23. The minimum atomic E-state index is 0.598. The monoisotopic (exact) mass is 314 g/mol. The number of anilines is 1. The summed E-state index contributed by atoms with van der Waals surface area (Å²) in [5.41, 5.74) is 2.26. The van der Waals surface area contributed by atoms with Crippen LogP contribution in [0, 0.1) is 6.92 Å². The Balaban J connectivity index is 2.10. The second kappa shape index (κ2) is 5.06. The van der Waals surface area contributed by atoms with Gasteiger partial charge in [-0.05, 0) is 28.9 Å². The first-order chi connectivity index (χ1) is 8.08. The fraction of sp³-hybridized carbons (Fsp3) is 0.273. The molecular weight excluding hydrogens is 304 g/mol. The molecule has 2 aromatic heterocycles. The van der Waals surface area contributed by atoms with Gasteiger partial charge >= 0.3 is 0 Å². The number of pyridine rings is 1. The lowest BCUT2D eigenvalue weighted by Crippen LogP contribution is -2.03. The summed E-state index contributed by atoms with van der Waals surface area (Å²) in [5.74, 6) is 0.679. The van der Waals surface area contributed by atoms with Gasteiger partial charge in [0, 0.05) is 35.5 Å². The Bertz CT molecular complexity index is 538. The van der Waals surface area contributed by atoms with Crippen LogP contribution in [0.3, 0.4) is 0 Å². The molecule has 17 heavy (non-hydrogen) atoms. The maximum absolute atomic E-state index is 6.06. The lowest BCUT2D eigenvalue weighted by Gasteiger charge is -2.07. The molecule has 90 valence electrons. The summed E-state index contributed by atoms with van der Waals surface area (Å²) >= 11 is 9.38. The molecule has 4 nitrogen and oxygen atoms in total. The molecule has 0 fully saturated rings. The van der Waals surface area contributed by atoms with E-state index in [0.29, 0.717) is 17.4 Å². The SMILES string of the molecule is Cc1c(CNc2ncc(Br)cc2Cl)cnn1C. The van der Waals surface area contributed by atoms with Gasteiger partial charge in [0.2, 0.25) is 0 Å². The lowest BCUT2D eigenvalue weighted by molar-refractivity contribution is 0.738. The predicted molar refractivity (Wildman–Crippen MR) is 72.2 cm³/mol. The third-order valence-corrected chi connectivity index (χ3v) is 3.31. The van der Waals surface area contributed by atoms with E-state index in [1.54, 1.807) is 6.20 Å². The number of halogens is 2. The molecule has 2 rings (SSSR count). The van der Waals surface area contributed by atoms with E-state index in [9.17, 15) is 0 Å². The molecule has 0 bridgehead atoms. The first-order valence-electron chi connectivity index (χ1n) is 5.10. The van der Waals surface area contributed by atoms with Gasteiger partial charge in [-0.25, -0.2) is 4.98 Å². The number of nitrogens with zero attached hydrogens (tertiary/aromatic N) is 3. The van der Waals surface area contributed by atoms with Crippen molar-refractivity contribution in [3.05, 3.63) is 39.2 Å². The van der Waals surface area contributed by atoms with Crippen molar-refractivity contribution < 1.29 is 0 Å². The van der Waals surface area contributed by atoms with Gasteiger partial charge < -0.3 is 5.32 Å². The first-order valence-corrected chi connectivity index (χ1v) is 6.27. The van der Waals surface area contributed by atoms with Crippen LogP contribution in [0.5, 0.6) is 0 Å². The van der Waals surface area contributed by atoms with Crippen molar-refractivity contribution in [2.75, 3.05) is 5.32 Å². The molecule has 0 saturated carbocycles. The Kier molecular flexibility index (Phi) is 3.69. The summed E-state index contributed by atoms with van der Waals surface area (Å²) in [7, 11) is 1.92. The highest BCUT2D eigenvalue weighted by Gasteiger charge is 2.06. The van der Waals surface area contributed by atoms with Crippen molar-refractivity contribution in [1.29, 1.82) is 0 Å². The van der Waals surface area contributed by atoms with Gasteiger partial charge in [0.25, 0.3) is 0 Å². The maximum atomic E-state index is 6.06. The average Bonchev–Trinajstić information content (AvgIpc) is 2.59. The van der Waals surface area contributed by atoms with Gasteiger partial charge in [0.05, 0.1) is 11.2 Å². The minimum Gasteiger partial charge on any atom is -0.365 e. The first kappa shape index (κ1) is 12.4. The smallest absolute Gasteiger partial charge is 0.145 e. The molecule has 0 radical (unpaired) electrons. The molecule has 0 unspecified atom stereocenters. The van der Waals surface area contributed by atoms with Crippen molar-refractivity contribution >= 4 is 33.3 Å². The van der Waals surface area contributed by atoms with Gasteiger partial charge in [-0.15, -0.1) is 0 Å². The van der Waals surface area contributed by atoms with Crippen molar-refractivity contribution in [3.8, 4) is 0 Å². The molecule has 0 aliphatic heterocycles. The Morgan fingerprint density at radius 3 is 2.82 bits per heavy atom. The molecule has 2 aromatic rings. The summed E-state index contributed by atoms with van der Waals surface area (Å²) in [6.07, 6.45) is 3.55. The summed E-state index contributed by atoms with van der Waals surface area (Å²) in [4.78, 5) is 4.21. The third-order valence-electron chi connectivity index (χ3n) is 2.59. The fourth-order valence-corrected chi connectivity index (χ4v) is 2.14. The van der Waals surface area contributed by atoms with Crippen LogP contribution in [-0.2, 0) is 13.6 Å². The summed E-state index contributed by atoms with van der Waals surface area (Å²) < 4.78 is 2.71. The molecule has 0 aromatic carbocycles. The topological polar surface area (TPSA) is 42.7 Å². The Hall–Kier alpha value is -1.07. The van der Waals surface area contributed by atoms with E-state index in [1.165, 1.54) is 0 Å². The van der Waals surface area contributed by atoms with E-state index in [0.717, 1.165) is 15.7 Å². The van der Waals surface area contributed by atoms with E-state index in [-0.39, 0.29) is 0 Å². The molecule has 0 aliphatic carbocycles. The quantitative estimate of drug-likeness (QED) is 0.946. The predicted octanol–water partition coefficient (Wildman–Crippen LogP) is 3.15. The maximum Gasteiger partial charge on any atom is 0.145 e. The second-order valence-corrected chi connectivity index (χ2v) is 5.04. The standard InChI is InChI=1S/C11H12BrClN4/c1-7-8(5-16-17(7)2)4-14-11-10(13)3-9(12)6-15-11/h3,5-6H,4H2,1-2H3,(H,14,15). The van der Waals surface area contributed by atoms with E-state index in [1.807, 2.05) is 30.9 Å². The molecule has 0 amide bonds. The highest BCUT2D eigenvalue weighted by molar-refractivity contribution is 9.10. The number of hydrogen-bond donors (Lipinski definition) is 1. The summed E-state index contributed by atoms with van der Waals surface area (Å²) in [5, 5.41) is 7.97. The van der Waals surface area contributed by atoms with E-state index in [2.05, 4.69) is 31.3 Å². The Morgan fingerprint density at radius 2 is 2.24 bits per heavy atom. The molecule has 1 N–H and O–H groups in total. The van der Waals surface area contributed by atoms with Crippen LogP contribution >= 0.6 is 27.5 Å². The highest BCUT2D eigenvalue weighted by atomic mass is 79.9. The average molecular weight is 316 g/mol. The number of nitrogens with one attached hydrogen (secondary N) is 1.